The van der Waals surface area contributed by atoms with E-state index in [1.54, 1.807) is 0 Å². The third-order valence-corrected chi connectivity index (χ3v) is 8.75. The van der Waals surface area contributed by atoms with E-state index in [4.69, 9.17) is 19.4 Å². The minimum Gasteiger partial charge on any atom is -0.455 e. The van der Waals surface area contributed by atoms with Gasteiger partial charge in [-0.05, 0) is 39.8 Å². The Hall–Kier alpha value is -6.39. The van der Waals surface area contributed by atoms with Crippen molar-refractivity contribution in [1.82, 2.24) is 15.0 Å². The minimum atomic E-state index is 0.614. The van der Waals surface area contributed by atoms with Crippen molar-refractivity contribution in [3.8, 4) is 56.4 Å². The Balaban J connectivity index is 1.32. The molecule has 0 fully saturated rings. The molecule has 0 N–H and O–H groups in total. The van der Waals surface area contributed by atoms with E-state index in [0.717, 1.165) is 66.1 Å². The van der Waals surface area contributed by atoms with Crippen LogP contribution in [0.2, 0.25) is 0 Å². The molecule has 2 heterocycles. The van der Waals surface area contributed by atoms with Gasteiger partial charge >= 0.3 is 0 Å². The normalized spacial score (nSPS) is 11.4. The molecular formula is C43H27N3O. The Labute approximate surface area is 271 Å². The average Bonchev–Trinajstić information content (AvgIpc) is 3.54. The molecule has 7 aromatic carbocycles. The van der Waals surface area contributed by atoms with E-state index in [2.05, 4.69) is 109 Å². The molecule has 0 spiro atoms. The highest BCUT2D eigenvalue weighted by atomic mass is 16.3. The van der Waals surface area contributed by atoms with Crippen molar-refractivity contribution < 1.29 is 4.42 Å². The molecular weight excluding hydrogens is 574 g/mol. The zero-order valence-corrected chi connectivity index (χ0v) is 25.3. The molecule has 47 heavy (non-hydrogen) atoms. The fraction of sp³-hybridized carbons (Fsp3) is 0. The summed E-state index contributed by atoms with van der Waals surface area (Å²) in [7, 11) is 0. The van der Waals surface area contributed by atoms with Crippen LogP contribution in [-0.2, 0) is 0 Å². The maximum absolute atomic E-state index is 6.60. The summed E-state index contributed by atoms with van der Waals surface area (Å²) in [6.45, 7) is 0. The van der Waals surface area contributed by atoms with Gasteiger partial charge < -0.3 is 4.42 Å². The molecule has 0 atom stereocenters. The smallest absolute Gasteiger partial charge is 0.164 e. The van der Waals surface area contributed by atoms with Crippen LogP contribution in [0.15, 0.2) is 168 Å². The third-order valence-electron chi connectivity index (χ3n) is 8.75. The maximum atomic E-state index is 6.60. The van der Waals surface area contributed by atoms with Gasteiger partial charge in [0.15, 0.2) is 17.5 Å². The van der Waals surface area contributed by atoms with Crippen LogP contribution >= 0.6 is 0 Å². The van der Waals surface area contributed by atoms with Crippen LogP contribution in [0.4, 0.5) is 0 Å². The molecule has 0 aliphatic heterocycles. The second kappa shape index (κ2) is 11.2. The molecule has 4 nitrogen and oxygen atoms in total. The van der Waals surface area contributed by atoms with Gasteiger partial charge in [0.2, 0.25) is 0 Å². The van der Waals surface area contributed by atoms with Crippen molar-refractivity contribution in [2.24, 2.45) is 0 Å². The topological polar surface area (TPSA) is 51.8 Å². The zero-order chi connectivity index (χ0) is 31.2. The molecule has 0 amide bonds. The lowest BCUT2D eigenvalue weighted by atomic mass is 9.93. The highest BCUT2D eigenvalue weighted by Crippen LogP contribution is 2.43. The van der Waals surface area contributed by atoms with Gasteiger partial charge in [0.05, 0.1) is 0 Å². The van der Waals surface area contributed by atoms with Crippen LogP contribution in [0.3, 0.4) is 0 Å². The number of rotatable bonds is 5. The molecule has 2 aromatic heterocycles. The van der Waals surface area contributed by atoms with Gasteiger partial charge in [0.25, 0.3) is 0 Å². The summed E-state index contributed by atoms with van der Waals surface area (Å²) >= 11 is 0. The van der Waals surface area contributed by atoms with E-state index < -0.39 is 0 Å². The van der Waals surface area contributed by atoms with Gasteiger partial charge in [-0.2, -0.15) is 0 Å². The van der Waals surface area contributed by atoms with Gasteiger partial charge in [-0.1, -0.05) is 152 Å². The highest BCUT2D eigenvalue weighted by Gasteiger charge is 2.21. The van der Waals surface area contributed by atoms with Crippen molar-refractivity contribution in [2.45, 2.75) is 0 Å². The van der Waals surface area contributed by atoms with Crippen LogP contribution < -0.4 is 0 Å². The Morgan fingerprint density at radius 2 is 0.851 bits per heavy atom. The molecule has 0 aliphatic rings. The first-order valence-electron chi connectivity index (χ1n) is 15.7. The van der Waals surface area contributed by atoms with Crippen molar-refractivity contribution in [3.63, 3.8) is 0 Å². The SMILES string of the molecule is c1ccc(-c2ccc(-c3nc(-c4ccccc4)nc(-c4cc5c6ccccc6oc5c5c(-c6ccccc6)cccc45)n3)cc2)cc1. The highest BCUT2D eigenvalue weighted by molar-refractivity contribution is 6.22. The van der Waals surface area contributed by atoms with Crippen LogP contribution in [-0.4, -0.2) is 15.0 Å². The lowest BCUT2D eigenvalue weighted by Gasteiger charge is -2.13. The number of fused-ring (bicyclic) bond motifs is 5. The standard InChI is InChI=1S/C43H27N3O/c1-4-13-28(14-5-1)29-23-25-32(26-24-29)42-44-41(31-17-8-3-9-18-31)45-43(46-42)37-27-36-34-19-10-11-22-38(34)47-40(36)39-33(20-12-21-35(37)39)30-15-6-2-7-16-30/h1-27H. The summed E-state index contributed by atoms with van der Waals surface area (Å²) in [6, 6.07) is 56.2. The van der Waals surface area contributed by atoms with Crippen LogP contribution in [0.1, 0.15) is 0 Å². The van der Waals surface area contributed by atoms with Crippen molar-refractivity contribution in [1.29, 1.82) is 0 Å². The molecule has 9 aromatic rings. The lowest BCUT2D eigenvalue weighted by molar-refractivity contribution is 0.673. The van der Waals surface area contributed by atoms with Gasteiger partial charge in [-0.25, -0.2) is 15.0 Å². The van der Waals surface area contributed by atoms with Gasteiger partial charge in [0.1, 0.15) is 11.2 Å². The summed E-state index contributed by atoms with van der Waals surface area (Å²) in [5.74, 6) is 1.86. The van der Waals surface area contributed by atoms with Gasteiger partial charge in [-0.3, -0.25) is 0 Å². The molecule has 4 heteroatoms. The van der Waals surface area contributed by atoms with E-state index in [-0.39, 0.29) is 0 Å². The van der Waals surface area contributed by atoms with E-state index >= 15 is 0 Å². The summed E-state index contributed by atoms with van der Waals surface area (Å²) in [5, 5.41) is 4.15. The number of hydrogen-bond acceptors (Lipinski definition) is 4. The van der Waals surface area contributed by atoms with E-state index in [1.165, 1.54) is 5.56 Å². The number of benzene rings is 7. The molecule has 0 radical (unpaired) electrons. The summed E-state index contributed by atoms with van der Waals surface area (Å²) < 4.78 is 6.60. The number of nitrogens with zero attached hydrogens (tertiary/aromatic N) is 3. The van der Waals surface area contributed by atoms with E-state index in [1.807, 2.05) is 54.6 Å². The fourth-order valence-corrected chi connectivity index (χ4v) is 6.47. The van der Waals surface area contributed by atoms with Gasteiger partial charge in [-0.15, -0.1) is 0 Å². The maximum Gasteiger partial charge on any atom is 0.164 e. The van der Waals surface area contributed by atoms with E-state index in [9.17, 15) is 0 Å². The Bertz CT molecular complexity index is 2540. The van der Waals surface area contributed by atoms with Gasteiger partial charge in [0, 0.05) is 32.8 Å². The molecule has 0 saturated heterocycles. The van der Waals surface area contributed by atoms with E-state index in [0.29, 0.717) is 17.5 Å². The predicted molar refractivity (Wildman–Crippen MR) is 192 cm³/mol. The Morgan fingerprint density at radius 1 is 0.340 bits per heavy atom. The van der Waals surface area contributed by atoms with Crippen LogP contribution in [0.5, 0.6) is 0 Å². The second-order valence-corrected chi connectivity index (χ2v) is 11.6. The zero-order valence-electron chi connectivity index (χ0n) is 25.3. The number of furan rings is 1. The summed E-state index contributed by atoms with van der Waals surface area (Å²) in [5.41, 5.74) is 9.03. The number of hydrogen-bond donors (Lipinski definition) is 0. The first-order chi connectivity index (χ1) is 23.3. The number of para-hydroxylation sites is 1. The third kappa shape index (κ3) is 4.75. The average molecular weight is 602 g/mol. The molecule has 9 rings (SSSR count). The monoisotopic (exact) mass is 601 g/mol. The molecule has 0 aliphatic carbocycles. The quantitative estimate of drug-likeness (QED) is 0.197. The molecule has 0 unspecified atom stereocenters. The Kier molecular flexibility index (Phi) is 6.43. The summed E-state index contributed by atoms with van der Waals surface area (Å²) in [6.07, 6.45) is 0. The first kappa shape index (κ1) is 27.0. The largest absolute Gasteiger partial charge is 0.455 e. The molecule has 220 valence electrons. The van der Waals surface area contributed by atoms with Crippen LogP contribution in [0.25, 0.3) is 89.1 Å². The van der Waals surface area contributed by atoms with Crippen molar-refractivity contribution >= 4 is 32.7 Å². The summed E-state index contributed by atoms with van der Waals surface area (Å²) in [4.78, 5) is 15.3. The fourth-order valence-electron chi connectivity index (χ4n) is 6.47. The molecule has 0 saturated carbocycles. The predicted octanol–water partition coefficient (Wildman–Crippen LogP) is 11.3. The van der Waals surface area contributed by atoms with Crippen LogP contribution in [0, 0.1) is 0 Å². The minimum absolute atomic E-state index is 0.614. The lowest BCUT2D eigenvalue weighted by Crippen LogP contribution is -2.01. The first-order valence-corrected chi connectivity index (χ1v) is 15.7. The van der Waals surface area contributed by atoms with Crippen molar-refractivity contribution in [3.05, 3.63) is 164 Å². The second-order valence-electron chi connectivity index (χ2n) is 11.6. The molecule has 0 bridgehead atoms. The van der Waals surface area contributed by atoms with Crippen molar-refractivity contribution in [2.75, 3.05) is 0 Å². The number of aromatic nitrogens is 3. The Morgan fingerprint density at radius 3 is 1.55 bits per heavy atom.